The molecule has 1 aromatic carbocycles. The average Bonchev–Trinajstić information content (AvgIpc) is 2.97. The van der Waals surface area contributed by atoms with Crippen molar-refractivity contribution in [3.05, 3.63) is 18.2 Å². The van der Waals surface area contributed by atoms with E-state index in [-0.39, 0.29) is 5.91 Å². The van der Waals surface area contributed by atoms with E-state index in [1.54, 1.807) is 11.3 Å². The van der Waals surface area contributed by atoms with E-state index in [1.165, 1.54) is 5.69 Å². The number of ether oxygens (including phenoxy) is 1. The van der Waals surface area contributed by atoms with Crippen molar-refractivity contribution in [1.29, 1.82) is 0 Å². The van der Waals surface area contributed by atoms with Crippen LogP contribution < -0.4 is 10.2 Å². The number of anilines is 2. The van der Waals surface area contributed by atoms with Gasteiger partial charge in [0, 0.05) is 25.2 Å². The molecule has 3 rings (SSSR count). The molecule has 0 bridgehead atoms. The maximum atomic E-state index is 11.9. The first-order chi connectivity index (χ1) is 11.3. The van der Waals surface area contributed by atoms with Gasteiger partial charge in [0.15, 0.2) is 5.13 Å². The van der Waals surface area contributed by atoms with Gasteiger partial charge in [-0.2, -0.15) is 0 Å². The molecule has 1 fully saturated rings. The molecule has 0 aliphatic carbocycles. The number of nitrogens with one attached hydrogen (secondary N) is 1. The summed E-state index contributed by atoms with van der Waals surface area (Å²) in [5.74, 6) is 0.0610. The third kappa shape index (κ3) is 4.20. The molecule has 2 aromatic rings. The quantitative estimate of drug-likeness (QED) is 0.820. The highest BCUT2D eigenvalue weighted by atomic mass is 32.1. The summed E-state index contributed by atoms with van der Waals surface area (Å²) in [7, 11) is 0. The number of aromatic nitrogens is 1. The Bertz CT molecular complexity index is 665. The minimum Gasteiger partial charge on any atom is -0.378 e. The lowest BCUT2D eigenvalue weighted by molar-refractivity contribution is -0.116. The maximum Gasteiger partial charge on any atom is 0.226 e. The van der Waals surface area contributed by atoms with Crippen molar-refractivity contribution in [2.24, 2.45) is 0 Å². The van der Waals surface area contributed by atoms with Gasteiger partial charge in [-0.25, -0.2) is 4.98 Å². The van der Waals surface area contributed by atoms with E-state index in [4.69, 9.17) is 4.74 Å². The number of hydrogen-bond acceptors (Lipinski definition) is 5. The van der Waals surface area contributed by atoms with Crippen molar-refractivity contribution in [1.82, 2.24) is 4.98 Å². The van der Waals surface area contributed by atoms with Crippen LogP contribution in [0.4, 0.5) is 10.8 Å². The number of nitrogens with zero attached hydrogens (tertiary/aromatic N) is 2. The standard InChI is InChI=1S/C17H23N3O2S/c1-2-3-4-5-16(21)19-17-18-14-7-6-13(12-15(14)23-17)20-8-10-22-11-9-20/h6-7,12H,2-5,8-11H2,1H3,(H,18,19,21). The van der Waals surface area contributed by atoms with Crippen molar-refractivity contribution >= 4 is 38.3 Å². The number of benzene rings is 1. The molecule has 2 heterocycles. The number of carbonyl (C=O) groups is 1. The van der Waals surface area contributed by atoms with E-state index in [1.807, 2.05) is 6.07 Å². The van der Waals surface area contributed by atoms with Gasteiger partial charge in [-0.05, 0) is 24.6 Å². The summed E-state index contributed by atoms with van der Waals surface area (Å²) in [6, 6.07) is 6.29. The van der Waals surface area contributed by atoms with Gasteiger partial charge < -0.3 is 15.0 Å². The van der Waals surface area contributed by atoms with Gasteiger partial charge in [0.2, 0.25) is 5.91 Å². The minimum absolute atomic E-state index is 0.0610. The number of thiazole rings is 1. The summed E-state index contributed by atoms with van der Waals surface area (Å²) in [4.78, 5) is 18.7. The highest BCUT2D eigenvalue weighted by molar-refractivity contribution is 7.22. The summed E-state index contributed by atoms with van der Waals surface area (Å²) in [6.45, 7) is 5.54. The summed E-state index contributed by atoms with van der Waals surface area (Å²) in [5, 5.41) is 3.62. The lowest BCUT2D eigenvalue weighted by Gasteiger charge is -2.28. The van der Waals surface area contributed by atoms with E-state index >= 15 is 0 Å². The summed E-state index contributed by atoms with van der Waals surface area (Å²) in [6.07, 6.45) is 3.73. The van der Waals surface area contributed by atoms with Crippen molar-refractivity contribution in [2.75, 3.05) is 36.5 Å². The second-order valence-corrected chi connectivity index (χ2v) is 6.81. The van der Waals surface area contributed by atoms with Crippen LogP contribution in [0.3, 0.4) is 0 Å². The molecule has 1 aliphatic rings. The first kappa shape index (κ1) is 16.2. The Kier molecular flexibility index (Phi) is 5.46. The Morgan fingerprint density at radius 2 is 2.17 bits per heavy atom. The number of unbranched alkanes of at least 4 members (excludes halogenated alkanes) is 2. The molecule has 1 N–H and O–H groups in total. The monoisotopic (exact) mass is 333 g/mol. The van der Waals surface area contributed by atoms with E-state index < -0.39 is 0 Å². The van der Waals surface area contributed by atoms with E-state index in [2.05, 4.69) is 34.3 Å². The number of hydrogen-bond donors (Lipinski definition) is 1. The second kappa shape index (κ2) is 7.75. The van der Waals surface area contributed by atoms with Crippen LogP contribution in [-0.2, 0) is 9.53 Å². The smallest absolute Gasteiger partial charge is 0.226 e. The molecule has 1 aliphatic heterocycles. The fourth-order valence-corrected chi connectivity index (χ4v) is 3.62. The van der Waals surface area contributed by atoms with Gasteiger partial charge in [-0.15, -0.1) is 0 Å². The number of morpholine rings is 1. The summed E-state index contributed by atoms with van der Waals surface area (Å²) in [5.41, 5.74) is 2.14. The van der Waals surface area contributed by atoms with Gasteiger partial charge in [0.05, 0.1) is 23.4 Å². The summed E-state index contributed by atoms with van der Waals surface area (Å²) < 4.78 is 6.51. The minimum atomic E-state index is 0.0610. The molecule has 5 nitrogen and oxygen atoms in total. The first-order valence-corrected chi connectivity index (χ1v) is 9.11. The fraction of sp³-hybridized carbons (Fsp3) is 0.529. The number of fused-ring (bicyclic) bond motifs is 1. The van der Waals surface area contributed by atoms with Crippen molar-refractivity contribution in [3.63, 3.8) is 0 Å². The molecule has 23 heavy (non-hydrogen) atoms. The van der Waals surface area contributed by atoms with Crippen LogP contribution in [0.2, 0.25) is 0 Å². The molecule has 6 heteroatoms. The fourth-order valence-electron chi connectivity index (χ4n) is 2.70. The molecule has 0 unspecified atom stereocenters. The Labute approximate surface area is 140 Å². The predicted molar refractivity (Wildman–Crippen MR) is 95.4 cm³/mol. The highest BCUT2D eigenvalue weighted by Crippen LogP contribution is 2.30. The topological polar surface area (TPSA) is 54.5 Å². The first-order valence-electron chi connectivity index (χ1n) is 8.29. The Morgan fingerprint density at radius 3 is 2.96 bits per heavy atom. The largest absolute Gasteiger partial charge is 0.378 e. The summed E-state index contributed by atoms with van der Waals surface area (Å²) >= 11 is 1.54. The van der Waals surface area contributed by atoms with E-state index in [0.29, 0.717) is 11.6 Å². The molecule has 124 valence electrons. The zero-order valence-corrected chi connectivity index (χ0v) is 14.3. The Morgan fingerprint density at radius 1 is 1.35 bits per heavy atom. The van der Waals surface area contributed by atoms with E-state index in [0.717, 1.165) is 55.8 Å². The predicted octanol–water partition coefficient (Wildman–Crippen LogP) is 3.65. The van der Waals surface area contributed by atoms with Crippen LogP contribution in [0.5, 0.6) is 0 Å². The van der Waals surface area contributed by atoms with Crippen molar-refractivity contribution < 1.29 is 9.53 Å². The third-order valence-corrected chi connectivity index (χ3v) is 4.94. The molecule has 0 atom stereocenters. The van der Waals surface area contributed by atoms with Gasteiger partial charge >= 0.3 is 0 Å². The Hall–Kier alpha value is -1.66. The van der Waals surface area contributed by atoms with Crippen LogP contribution in [0.1, 0.15) is 32.6 Å². The molecule has 1 saturated heterocycles. The number of rotatable bonds is 6. The molecular formula is C17H23N3O2S. The van der Waals surface area contributed by atoms with Crippen LogP contribution in [0.15, 0.2) is 18.2 Å². The maximum absolute atomic E-state index is 11.9. The van der Waals surface area contributed by atoms with Crippen molar-refractivity contribution in [2.45, 2.75) is 32.6 Å². The van der Waals surface area contributed by atoms with Crippen molar-refractivity contribution in [3.8, 4) is 0 Å². The zero-order chi connectivity index (χ0) is 16.1. The molecule has 0 radical (unpaired) electrons. The molecule has 1 aromatic heterocycles. The zero-order valence-electron chi connectivity index (χ0n) is 13.5. The molecular weight excluding hydrogens is 310 g/mol. The van der Waals surface area contributed by atoms with E-state index in [9.17, 15) is 4.79 Å². The van der Waals surface area contributed by atoms with Crippen LogP contribution >= 0.6 is 11.3 Å². The van der Waals surface area contributed by atoms with Gasteiger partial charge in [-0.3, -0.25) is 4.79 Å². The molecule has 0 saturated carbocycles. The lowest BCUT2D eigenvalue weighted by atomic mass is 10.2. The van der Waals surface area contributed by atoms with Gasteiger partial charge in [0.25, 0.3) is 0 Å². The molecule has 1 amide bonds. The van der Waals surface area contributed by atoms with Gasteiger partial charge in [-0.1, -0.05) is 31.1 Å². The normalized spacial score (nSPS) is 15.1. The van der Waals surface area contributed by atoms with Crippen LogP contribution in [-0.4, -0.2) is 37.2 Å². The lowest BCUT2D eigenvalue weighted by Crippen LogP contribution is -2.36. The van der Waals surface area contributed by atoms with Gasteiger partial charge in [0.1, 0.15) is 0 Å². The van der Waals surface area contributed by atoms with Crippen LogP contribution in [0, 0.1) is 0 Å². The average molecular weight is 333 g/mol. The Balaban J connectivity index is 1.67. The highest BCUT2D eigenvalue weighted by Gasteiger charge is 2.13. The number of amides is 1. The molecule has 0 spiro atoms. The second-order valence-electron chi connectivity index (χ2n) is 5.78. The SMILES string of the molecule is CCCCCC(=O)Nc1nc2ccc(N3CCOCC3)cc2s1. The van der Waals surface area contributed by atoms with Crippen LogP contribution in [0.25, 0.3) is 10.2 Å². The number of carbonyl (C=O) groups excluding carboxylic acids is 1. The third-order valence-electron chi connectivity index (χ3n) is 4.00.